The molecule has 4 nitrogen and oxygen atoms in total. The van der Waals surface area contributed by atoms with Gasteiger partial charge < -0.3 is 9.55 Å². The molecule has 0 amide bonds. The van der Waals surface area contributed by atoms with Crippen molar-refractivity contribution in [2.45, 2.75) is 0 Å². The quantitative estimate of drug-likeness (QED) is 0.215. The predicted molar refractivity (Wildman–Crippen MR) is 132 cm³/mol. The van der Waals surface area contributed by atoms with Crippen LogP contribution in [0.5, 0.6) is 0 Å². The Morgan fingerprint density at radius 2 is 1.35 bits per heavy atom. The van der Waals surface area contributed by atoms with Crippen LogP contribution in [-0.2, 0) is 20.1 Å². The summed E-state index contributed by atoms with van der Waals surface area (Å²) in [5.41, 5.74) is 5.99. The van der Waals surface area contributed by atoms with Gasteiger partial charge in [0.2, 0.25) is 0 Å². The van der Waals surface area contributed by atoms with Crippen molar-refractivity contribution in [2.75, 3.05) is 0 Å². The molecule has 0 N–H and O–H groups in total. The summed E-state index contributed by atoms with van der Waals surface area (Å²) >= 11 is 0. The SMILES string of the molecule is [Ir].[c-]1ccccc1-c1ccccn1.[c-]1ccccc1-c1nc2cnccc2n1-c1ccccc1. The molecule has 0 atom stereocenters. The Balaban J connectivity index is 0.000000180. The average molecular weight is 617 g/mol. The molecule has 3 heterocycles. The molecular formula is C29H20IrN4-2. The van der Waals surface area contributed by atoms with Crippen LogP contribution in [0.2, 0.25) is 0 Å². The molecule has 0 fully saturated rings. The van der Waals surface area contributed by atoms with Crippen LogP contribution in [0.3, 0.4) is 0 Å². The molecular weight excluding hydrogens is 597 g/mol. The van der Waals surface area contributed by atoms with Gasteiger partial charge in [0.1, 0.15) is 0 Å². The van der Waals surface area contributed by atoms with E-state index < -0.39 is 0 Å². The molecule has 1 radical (unpaired) electrons. The third-order valence-electron chi connectivity index (χ3n) is 5.07. The van der Waals surface area contributed by atoms with E-state index in [1.54, 1.807) is 18.6 Å². The first-order valence-electron chi connectivity index (χ1n) is 10.6. The van der Waals surface area contributed by atoms with E-state index in [0.717, 1.165) is 39.4 Å². The molecule has 5 heteroatoms. The molecule has 0 aliphatic heterocycles. The summed E-state index contributed by atoms with van der Waals surface area (Å²) in [5, 5.41) is 0. The number of imidazole rings is 1. The van der Waals surface area contributed by atoms with E-state index >= 15 is 0 Å². The van der Waals surface area contributed by atoms with Gasteiger partial charge in [0.05, 0.1) is 23.1 Å². The number of hydrogen-bond donors (Lipinski definition) is 0. The van der Waals surface area contributed by atoms with Crippen molar-refractivity contribution in [2.24, 2.45) is 0 Å². The van der Waals surface area contributed by atoms with E-state index in [2.05, 4.69) is 38.8 Å². The van der Waals surface area contributed by atoms with Crippen LogP contribution in [0.4, 0.5) is 0 Å². The fraction of sp³-hybridized carbons (Fsp3) is 0. The smallest absolute Gasteiger partial charge is 0.0957 e. The fourth-order valence-corrected chi connectivity index (χ4v) is 3.56. The minimum absolute atomic E-state index is 0. The van der Waals surface area contributed by atoms with Gasteiger partial charge in [-0.3, -0.25) is 9.97 Å². The molecule has 0 saturated carbocycles. The van der Waals surface area contributed by atoms with Crippen LogP contribution in [0, 0.1) is 12.1 Å². The molecule has 34 heavy (non-hydrogen) atoms. The monoisotopic (exact) mass is 617 g/mol. The van der Waals surface area contributed by atoms with Gasteiger partial charge in [-0.2, -0.15) is 0 Å². The van der Waals surface area contributed by atoms with E-state index in [1.807, 2.05) is 91.0 Å². The average Bonchev–Trinajstić information content (AvgIpc) is 3.31. The third kappa shape index (κ3) is 5.17. The molecule has 0 aliphatic carbocycles. The van der Waals surface area contributed by atoms with Crippen molar-refractivity contribution in [3.05, 3.63) is 134 Å². The number of benzene rings is 3. The molecule has 3 aromatic carbocycles. The largest absolute Gasteiger partial charge is 0.333 e. The number of fused-ring (bicyclic) bond motifs is 1. The molecule has 3 aromatic heterocycles. The maximum absolute atomic E-state index is 4.73. The first-order chi connectivity index (χ1) is 16.4. The zero-order chi connectivity index (χ0) is 22.3. The van der Waals surface area contributed by atoms with E-state index in [-0.39, 0.29) is 20.1 Å². The zero-order valence-corrected chi connectivity index (χ0v) is 20.6. The van der Waals surface area contributed by atoms with Gasteiger partial charge in [-0.15, -0.1) is 71.8 Å². The van der Waals surface area contributed by atoms with Gasteiger partial charge in [-0.1, -0.05) is 30.3 Å². The summed E-state index contributed by atoms with van der Waals surface area (Å²) in [6.07, 6.45) is 5.37. The normalized spacial score (nSPS) is 10.1. The maximum atomic E-state index is 4.73. The van der Waals surface area contributed by atoms with Crippen LogP contribution in [0.1, 0.15) is 0 Å². The van der Waals surface area contributed by atoms with Gasteiger partial charge in [-0.25, -0.2) is 0 Å². The summed E-state index contributed by atoms with van der Waals surface area (Å²) in [5.74, 6) is 0.879. The second-order valence-corrected chi connectivity index (χ2v) is 7.24. The van der Waals surface area contributed by atoms with E-state index in [0.29, 0.717) is 0 Å². The molecule has 0 bridgehead atoms. The summed E-state index contributed by atoms with van der Waals surface area (Å²) in [6.45, 7) is 0. The second-order valence-electron chi connectivity index (χ2n) is 7.24. The third-order valence-corrected chi connectivity index (χ3v) is 5.07. The van der Waals surface area contributed by atoms with Crippen molar-refractivity contribution in [1.29, 1.82) is 0 Å². The number of pyridine rings is 2. The Hall–Kier alpha value is -3.92. The van der Waals surface area contributed by atoms with Crippen molar-refractivity contribution in [1.82, 2.24) is 19.5 Å². The maximum Gasteiger partial charge on any atom is 0.0957 e. The number of nitrogens with zero attached hydrogens (tertiary/aromatic N) is 4. The van der Waals surface area contributed by atoms with E-state index in [1.165, 1.54) is 0 Å². The van der Waals surface area contributed by atoms with Crippen LogP contribution < -0.4 is 0 Å². The number of aromatic nitrogens is 4. The summed E-state index contributed by atoms with van der Waals surface area (Å²) in [6, 6.07) is 40.2. The van der Waals surface area contributed by atoms with Gasteiger partial charge in [0.15, 0.2) is 0 Å². The van der Waals surface area contributed by atoms with Crippen molar-refractivity contribution >= 4 is 11.0 Å². The minimum atomic E-state index is 0. The van der Waals surface area contributed by atoms with Gasteiger partial charge >= 0.3 is 0 Å². The van der Waals surface area contributed by atoms with Gasteiger partial charge in [0.25, 0.3) is 0 Å². The van der Waals surface area contributed by atoms with Crippen molar-refractivity contribution in [3.63, 3.8) is 0 Å². The standard InChI is InChI=1S/C18H12N3.C11H8N.Ir/c1-3-7-14(8-4-1)18-20-16-13-19-12-11-17(16)21(18)15-9-5-2-6-10-15;1-2-6-10(7-3-1)11-8-4-5-9-12-11;/h1-7,9-13H;1-6,8-9H;/q2*-1;. The number of hydrogen-bond acceptors (Lipinski definition) is 3. The summed E-state index contributed by atoms with van der Waals surface area (Å²) in [4.78, 5) is 13.1. The predicted octanol–water partition coefficient (Wildman–Crippen LogP) is 6.43. The number of rotatable bonds is 3. The fourth-order valence-electron chi connectivity index (χ4n) is 3.56. The van der Waals surface area contributed by atoms with Crippen LogP contribution in [0.25, 0.3) is 39.4 Å². The molecule has 6 aromatic rings. The van der Waals surface area contributed by atoms with Crippen LogP contribution >= 0.6 is 0 Å². The first kappa shape index (κ1) is 23.2. The topological polar surface area (TPSA) is 43.6 Å². The Labute approximate surface area is 212 Å². The molecule has 0 saturated heterocycles. The second kappa shape index (κ2) is 11.3. The summed E-state index contributed by atoms with van der Waals surface area (Å²) < 4.78 is 2.14. The molecule has 0 spiro atoms. The minimum Gasteiger partial charge on any atom is -0.333 e. The van der Waals surface area contributed by atoms with Gasteiger partial charge in [-0.05, 0) is 30.0 Å². The molecule has 167 valence electrons. The molecule has 0 aliphatic rings. The van der Waals surface area contributed by atoms with Crippen LogP contribution in [0.15, 0.2) is 122 Å². The Morgan fingerprint density at radius 3 is 2.03 bits per heavy atom. The summed E-state index contributed by atoms with van der Waals surface area (Å²) in [7, 11) is 0. The van der Waals surface area contributed by atoms with Crippen molar-refractivity contribution in [3.8, 4) is 28.3 Å². The van der Waals surface area contributed by atoms with Gasteiger partial charge in [0, 0.05) is 38.2 Å². The van der Waals surface area contributed by atoms with E-state index in [4.69, 9.17) is 4.98 Å². The Kier molecular flexibility index (Phi) is 7.71. The zero-order valence-electron chi connectivity index (χ0n) is 18.2. The number of para-hydroxylation sites is 1. The first-order valence-corrected chi connectivity index (χ1v) is 10.6. The Bertz CT molecular complexity index is 1400. The molecule has 6 rings (SSSR count). The molecule has 0 unspecified atom stereocenters. The van der Waals surface area contributed by atoms with Crippen molar-refractivity contribution < 1.29 is 20.1 Å². The van der Waals surface area contributed by atoms with E-state index in [9.17, 15) is 0 Å². The van der Waals surface area contributed by atoms with Crippen LogP contribution in [-0.4, -0.2) is 19.5 Å². The Morgan fingerprint density at radius 1 is 0.647 bits per heavy atom.